The zero-order valence-corrected chi connectivity index (χ0v) is 23.8. The Hall–Kier alpha value is -4.20. The van der Waals surface area contributed by atoms with Gasteiger partial charge in [0.2, 0.25) is 0 Å². The van der Waals surface area contributed by atoms with Gasteiger partial charge in [0.15, 0.2) is 5.75 Å². The van der Waals surface area contributed by atoms with E-state index in [4.69, 9.17) is 16.3 Å². The number of carbonyl (C=O) groups is 1. The lowest BCUT2D eigenvalue weighted by molar-refractivity contribution is 0.0955. The average Bonchev–Trinajstić information content (AvgIpc) is 3.34. The molecule has 0 unspecified atom stereocenters. The predicted molar refractivity (Wildman–Crippen MR) is 161 cm³/mol. The first-order valence-electron chi connectivity index (χ1n) is 12.4. The molecule has 5 rings (SSSR count). The molecule has 0 aliphatic heterocycles. The molecule has 8 heteroatoms. The number of nitrogens with zero attached hydrogens (tertiary/aromatic N) is 2. The zero-order valence-electron chi connectivity index (χ0n) is 21.4. The number of rotatable bonds is 8. The smallest absolute Gasteiger partial charge is 0.271 e. The van der Waals surface area contributed by atoms with Crippen molar-refractivity contribution in [3.8, 4) is 22.7 Å². The highest BCUT2D eigenvalue weighted by Crippen LogP contribution is 2.35. The van der Waals surface area contributed by atoms with Crippen LogP contribution < -0.4 is 10.2 Å². The van der Waals surface area contributed by atoms with Crippen LogP contribution in [0.5, 0.6) is 5.75 Å². The number of hydrogen-bond donors (Lipinski definition) is 1. The minimum absolute atomic E-state index is 0.163. The molecule has 0 saturated heterocycles. The Kier molecular flexibility index (Phi) is 8.43. The van der Waals surface area contributed by atoms with Crippen molar-refractivity contribution in [3.05, 3.63) is 141 Å². The number of ether oxygens (including phenoxy) is 1. The number of hydrogen-bond acceptors (Lipinski definition) is 3. The van der Waals surface area contributed by atoms with Gasteiger partial charge in [-0.15, -0.1) is 0 Å². The van der Waals surface area contributed by atoms with Crippen molar-refractivity contribution >= 4 is 39.7 Å². The summed E-state index contributed by atoms with van der Waals surface area (Å²) in [4.78, 5) is 12.7. The van der Waals surface area contributed by atoms with Crippen molar-refractivity contribution in [2.24, 2.45) is 5.10 Å². The van der Waals surface area contributed by atoms with Crippen molar-refractivity contribution in [3.63, 3.8) is 0 Å². The number of carbonyl (C=O) groups excluding carboxylic acids is 1. The molecule has 0 radical (unpaired) electrons. The first-order chi connectivity index (χ1) is 19.4. The maximum atomic E-state index is 13.4. The summed E-state index contributed by atoms with van der Waals surface area (Å²) in [7, 11) is 0. The summed E-state index contributed by atoms with van der Waals surface area (Å²) in [6.45, 7) is 2.21. The van der Waals surface area contributed by atoms with E-state index >= 15 is 0 Å². The molecule has 1 aromatic heterocycles. The maximum absolute atomic E-state index is 13.4. The number of benzene rings is 4. The van der Waals surface area contributed by atoms with Crippen LogP contribution in [0.2, 0.25) is 5.02 Å². The molecule has 5 aromatic rings. The molecule has 0 saturated carbocycles. The number of aryl methyl sites for hydroxylation is 1. The van der Waals surface area contributed by atoms with Crippen molar-refractivity contribution in [1.82, 2.24) is 9.99 Å². The van der Waals surface area contributed by atoms with Gasteiger partial charge in [-0.1, -0.05) is 54.1 Å². The minimum atomic E-state index is -0.337. The monoisotopic (exact) mass is 615 g/mol. The highest BCUT2D eigenvalue weighted by atomic mass is 79.9. The molecule has 1 heterocycles. The van der Waals surface area contributed by atoms with Gasteiger partial charge in [0, 0.05) is 16.9 Å². The van der Waals surface area contributed by atoms with Gasteiger partial charge < -0.3 is 9.30 Å². The largest absolute Gasteiger partial charge is 0.486 e. The van der Waals surface area contributed by atoms with E-state index in [0.29, 0.717) is 31.9 Å². The summed E-state index contributed by atoms with van der Waals surface area (Å²) in [6.07, 6.45) is 1.49. The molecule has 0 aliphatic rings. The molecule has 0 spiro atoms. The van der Waals surface area contributed by atoms with Gasteiger partial charge in [-0.05, 0) is 100 Å². The van der Waals surface area contributed by atoms with Crippen LogP contribution in [0.15, 0.2) is 113 Å². The summed E-state index contributed by atoms with van der Waals surface area (Å²) in [5.74, 6) is -0.236. The molecule has 40 heavy (non-hydrogen) atoms. The Labute approximate surface area is 245 Å². The second kappa shape index (κ2) is 12.3. The highest BCUT2D eigenvalue weighted by molar-refractivity contribution is 9.10. The number of aromatic nitrogens is 1. The Morgan fingerprint density at radius 1 is 1.00 bits per heavy atom. The van der Waals surface area contributed by atoms with Gasteiger partial charge in [-0.25, -0.2) is 9.82 Å². The van der Waals surface area contributed by atoms with Crippen LogP contribution >= 0.6 is 27.5 Å². The molecule has 4 aromatic carbocycles. The Morgan fingerprint density at radius 3 is 2.50 bits per heavy atom. The van der Waals surface area contributed by atoms with E-state index in [1.165, 1.54) is 18.3 Å². The summed E-state index contributed by atoms with van der Waals surface area (Å²) in [5, 5.41) is 4.43. The van der Waals surface area contributed by atoms with Crippen molar-refractivity contribution in [1.29, 1.82) is 0 Å². The van der Waals surface area contributed by atoms with Crippen LogP contribution in [0.25, 0.3) is 16.9 Å². The first kappa shape index (κ1) is 27.4. The quantitative estimate of drug-likeness (QED) is 0.141. The van der Waals surface area contributed by atoms with E-state index in [2.05, 4.69) is 62.2 Å². The molecule has 1 amide bonds. The normalized spacial score (nSPS) is 11.1. The van der Waals surface area contributed by atoms with Gasteiger partial charge in [0.1, 0.15) is 12.4 Å². The molecule has 1 N–H and O–H groups in total. The van der Waals surface area contributed by atoms with Crippen molar-refractivity contribution in [2.75, 3.05) is 0 Å². The number of hydrazone groups is 1. The van der Waals surface area contributed by atoms with E-state index in [-0.39, 0.29) is 18.3 Å². The molecular weight excluding hydrogens is 593 g/mol. The lowest BCUT2D eigenvalue weighted by atomic mass is 10.1. The fourth-order valence-electron chi connectivity index (χ4n) is 4.28. The molecular formula is C32H24BrClFN3O2. The molecule has 0 bridgehead atoms. The summed E-state index contributed by atoms with van der Waals surface area (Å²) < 4.78 is 22.0. The Balaban J connectivity index is 1.23. The van der Waals surface area contributed by atoms with Gasteiger partial charge in [0.05, 0.1) is 21.4 Å². The van der Waals surface area contributed by atoms with Crippen molar-refractivity contribution < 1.29 is 13.9 Å². The predicted octanol–water partition coefficient (Wildman–Crippen LogP) is 8.35. The number of halogens is 3. The zero-order chi connectivity index (χ0) is 28.1. The van der Waals surface area contributed by atoms with Crippen LogP contribution in [0.3, 0.4) is 0 Å². The molecule has 0 atom stereocenters. The molecule has 0 fully saturated rings. The Morgan fingerprint density at radius 2 is 1.77 bits per heavy atom. The van der Waals surface area contributed by atoms with E-state index in [1.807, 2.05) is 30.3 Å². The van der Waals surface area contributed by atoms with Crippen LogP contribution in [-0.2, 0) is 6.61 Å². The maximum Gasteiger partial charge on any atom is 0.271 e. The van der Waals surface area contributed by atoms with Gasteiger partial charge in [0.25, 0.3) is 5.91 Å². The second-order valence-corrected chi connectivity index (χ2v) is 10.3. The fraction of sp³-hybridized carbons (Fsp3) is 0.0625. The summed E-state index contributed by atoms with van der Waals surface area (Å²) >= 11 is 9.86. The minimum Gasteiger partial charge on any atom is -0.486 e. The summed E-state index contributed by atoms with van der Waals surface area (Å²) in [6, 6.07) is 31.3. The van der Waals surface area contributed by atoms with E-state index in [9.17, 15) is 9.18 Å². The number of nitrogens with one attached hydrogen (secondary N) is 1. The highest BCUT2D eigenvalue weighted by Gasteiger charge is 2.12. The average molecular weight is 617 g/mol. The first-order valence-corrected chi connectivity index (χ1v) is 13.6. The van der Waals surface area contributed by atoms with E-state index in [1.54, 1.807) is 36.4 Å². The van der Waals surface area contributed by atoms with Crippen LogP contribution in [0, 0.1) is 12.7 Å². The van der Waals surface area contributed by atoms with Crippen molar-refractivity contribution in [2.45, 2.75) is 13.5 Å². The molecule has 200 valence electrons. The SMILES string of the molecule is Cc1ccc(-c2ccccc2)n1-c1ccc(C(=O)N/N=C/c2cc(Cl)c(OCc3cccc(F)c3)c(Br)c2)cc1. The van der Waals surface area contributed by atoms with Gasteiger partial charge >= 0.3 is 0 Å². The topological polar surface area (TPSA) is 55.6 Å². The lowest BCUT2D eigenvalue weighted by Crippen LogP contribution is -2.17. The fourth-order valence-corrected chi connectivity index (χ4v) is 5.27. The van der Waals surface area contributed by atoms with E-state index < -0.39 is 0 Å². The molecule has 0 aliphatic carbocycles. The van der Waals surface area contributed by atoms with Crippen LogP contribution in [0.1, 0.15) is 27.2 Å². The van der Waals surface area contributed by atoms with Crippen LogP contribution in [-0.4, -0.2) is 16.7 Å². The third-order valence-electron chi connectivity index (χ3n) is 6.21. The third-order valence-corrected chi connectivity index (χ3v) is 7.08. The van der Waals surface area contributed by atoms with Crippen LogP contribution in [0.4, 0.5) is 4.39 Å². The molecule has 5 nitrogen and oxygen atoms in total. The third kappa shape index (κ3) is 6.33. The van der Waals surface area contributed by atoms with E-state index in [0.717, 1.165) is 22.6 Å². The van der Waals surface area contributed by atoms with Gasteiger partial charge in [-0.3, -0.25) is 4.79 Å². The summed E-state index contributed by atoms with van der Waals surface area (Å²) in [5.41, 5.74) is 8.62. The standard InChI is InChI=1S/C32H24BrClFN3O2/c1-21-10-15-30(24-7-3-2-4-8-24)38(21)27-13-11-25(12-14-27)32(39)37-36-19-23-17-28(33)31(29(34)18-23)40-20-22-6-5-9-26(35)16-22/h2-19H,20H2,1H3,(H,37,39)/b36-19+. The number of amides is 1. The second-order valence-electron chi connectivity index (χ2n) is 9.04. The van der Waals surface area contributed by atoms with Gasteiger partial charge in [-0.2, -0.15) is 5.10 Å². The lowest BCUT2D eigenvalue weighted by Gasteiger charge is -2.13. The Bertz CT molecular complexity index is 1660.